The second-order valence-corrected chi connectivity index (χ2v) is 4.43. The highest BCUT2D eigenvalue weighted by Gasteiger charge is 2.09. The summed E-state index contributed by atoms with van der Waals surface area (Å²) in [5.74, 6) is 0.981. The van der Waals surface area contributed by atoms with Crippen LogP contribution in [0, 0.1) is 0 Å². The zero-order valence-corrected chi connectivity index (χ0v) is 10.3. The van der Waals surface area contributed by atoms with Crippen LogP contribution in [-0.4, -0.2) is 27.3 Å². The van der Waals surface area contributed by atoms with E-state index in [2.05, 4.69) is 28.7 Å². The van der Waals surface area contributed by atoms with Gasteiger partial charge in [-0.05, 0) is 12.1 Å². The van der Waals surface area contributed by atoms with E-state index in [-0.39, 0.29) is 6.61 Å². The molecule has 0 amide bonds. The van der Waals surface area contributed by atoms with Gasteiger partial charge >= 0.3 is 0 Å². The van der Waals surface area contributed by atoms with Gasteiger partial charge in [-0.2, -0.15) is 0 Å². The Morgan fingerprint density at radius 2 is 2.12 bits per heavy atom. The number of aliphatic hydroxyl groups is 1. The third-order valence-corrected chi connectivity index (χ3v) is 2.73. The van der Waals surface area contributed by atoms with Crippen LogP contribution in [0.25, 0.3) is 11.0 Å². The van der Waals surface area contributed by atoms with E-state index in [4.69, 9.17) is 5.11 Å². The third kappa shape index (κ3) is 2.65. The molecule has 1 aromatic carbocycles. The highest BCUT2D eigenvalue weighted by atomic mass is 16.3. The molecule has 0 unspecified atom stereocenters. The highest BCUT2D eigenvalue weighted by Crippen LogP contribution is 2.15. The molecule has 0 bridgehead atoms. The van der Waals surface area contributed by atoms with Crippen molar-refractivity contribution in [3.8, 4) is 0 Å². The largest absolute Gasteiger partial charge is 0.395 e. The quantitative estimate of drug-likeness (QED) is 0.823. The normalized spacial score (nSPS) is 11.5. The van der Waals surface area contributed by atoms with Gasteiger partial charge in [-0.25, -0.2) is 4.98 Å². The van der Waals surface area contributed by atoms with E-state index >= 15 is 0 Å². The average Bonchev–Trinajstić information content (AvgIpc) is 2.66. The molecule has 0 aliphatic rings. The molecule has 2 rings (SSSR count). The van der Waals surface area contributed by atoms with Crippen LogP contribution >= 0.6 is 0 Å². The Kier molecular flexibility index (Phi) is 3.76. The first-order valence-corrected chi connectivity index (χ1v) is 6.00. The monoisotopic (exact) mass is 233 g/mol. The number of aliphatic hydroxyl groups excluding tert-OH is 1. The Morgan fingerprint density at radius 3 is 2.82 bits per heavy atom. The summed E-state index contributed by atoms with van der Waals surface area (Å²) < 4.78 is 2.07. The van der Waals surface area contributed by atoms with Crippen LogP contribution < -0.4 is 5.32 Å². The van der Waals surface area contributed by atoms with Crippen LogP contribution in [0.3, 0.4) is 0 Å². The van der Waals surface area contributed by atoms with E-state index in [1.165, 1.54) is 0 Å². The Morgan fingerprint density at radius 1 is 1.35 bits per heavy atom. The standard InChI is InChI=1S/C13H19N3O/c1-10(2)14-9-13-15-11-5-3-4-6-12(11)16(13)7-8-17/h3-6,10,14,17H,7-9H2,1-2H3. The molecule has 0 saturated carbocycles. The number of nitrogens with zero attached hydrogens (tertiary/aromatic N) is 2. The molecule has 1 heterocycles. The van der Waals surface area contributed by atoms with Crippen LogP contribution in [0.15, 0.2) is 24.3 Å². The zero-order chi connectivity index (χ0) is 12.3. The van der Waals surface area contributed by atoms with Crippen molar-refractivity contribution in [1.82, 2.24) is 14.9 Å². The molecule has 0 radical (unpaired) electrons. The van der Waals surface area contributed by atoms with E-state index in [0.717, 1.165) is 23.4 Å². The lowest BCUT2D eigenvalue weighted by atomic mass is 10.3. The molecule has 0 fully saturated rings. The first kappa shape index (κ1) is 12.1. The van der Waals surface area contributed by atoms with Crippen molar-refractivity contribution in [2.45, 2.75) is 33.0 Å². The summed E-state index contributed by atoms with van der Waals surface area (Å²) in [6.07, 6.45) is 0. The molecule has 1 aromatic heterocycles. The predicted octanol–water partition coefficient (Wildman–Crippen LogP) is 1.53. The van der Waals surface area contributed by atoms with Crippen LogP contribution in [0.2, 0.25) is 0 Å². The predicted molar refractivity (Wildman–Crippen MR) is 68.8 cm³/mol. The van der Waals surface area contributed by atoms with Gasteiger partial charge in [-0.1, -0.05) is 26.0 Å². The first-order valence-electron chi connectivity index (χ1n) is 6.00. The molecule has 4 heteroatoms. The Bertz CT molecular complexity index is 490. The number of nitrogens with one attached hydrogen (secondary N) is 1. The second kappa shape index (κ2) is 5.29. The number of para-hydroxylation sites is 2. The van der Waals surface area contributed by atoms with Gasteiger partial charge in [0.05, 0.1) is 24.2 Å². The van der Waals surface area contributed by atoms with E-state index in [0.29, 0.717) is 12.6 Å². The van der Waals surface area contributed by atoms with Crippen molar-refractivity contribution in [3.63, 3.8) is 0 Å². The number of benzene rings is 1. The van der Waals surface area contributed by atoms with Crippen molar-refractivity contribution >= 4 is 11.0 Å². The SMILES string of the molecule is CC(C)NCc1nc2ccccc2n1CCO. The summed E-state index contributed by atoms with van der Waals surface area (Å²) in [4.78, 5) is 4.59. The van der Waals surface area contributed by atoms with Crippen molar-refractivity contribution in [2.75, 3.05) is 6.61 Å². The minimum atomic E-state index is 0.134. The fourth-order valence-corrected chi connectivity index (χ4v) is 1.91. The Balaban J connectivity index is 2.35. The van der Waals surface area contributed by atoms with Crippen LogP contribution in [0.5, 0.6) is 0 Å². The van der Waals surface area contributed by atoms with Crippen LogP contribution in [-0.2, 0) is 13.1 Å². The lowest BCUT2D eigenvalue weighted by Gasteiger charge is -2.10. The Hall–Kier alpha value is -1.39. The first-order chi connectivity index (χ1) is 8.22. The maximum absolute atomic E-state index is 9.13. The summed E-state index contributed by atoms with van der Waals surface area (Å²) in [6, 6.07) is 8.45. The topological polar surface area (TPSA) is 50.1 Å². The highest BCUT2D eigenvalue weighted by molar-refractivity contribution is 5.75. The lowest BCUT2D eigenvalue weighted by molar-refractivity contribution is 0.275. The molecular formula is C13H19N3O. The maximum atomic E-state index is 9.13. The summed E-state index contributed by atoms with van der Waals surface area (Å²) in [5.41, 5.74) is 2.07. The van der Waals surface area contributed by atoms with Gasteiger partial charge < -0.3 is 15.0 Å². The minimum absolute atomic E-state index is 0.134. The van der Waals surface area contributed by atoms with E-state index in [9.17, 15) is 0 Å². The summed E-state index contributed by atoms with van der Waals surface area (Å²) in [7, 11) is 0. The number of rotatable bonds is 5. The van der Waals surface area contributed by atoms with Gasteiger partial charge in [0.15, 0.2) is 0 Å². The lowest BCUT2D eigenvalue weighted by Crippen LogP contribution is -2.24. The van der Waals surface area contributed by atoms with E-state index in [1.54, 1.807) is 0 Å². The Labute approximate surface area is 101 Å². The van der Waals surface area contributed by atoms with Gasteiger partial charge in [0.1, 0.15) is 5.82 Å². The minimum Gasteiger partial charge on any atom is -0.395 e. The van der Waals surface area contributed by atoms with E-state index < -0.39 is 0 Å². The summed E-state index contributed by atoms with van der Waals surface area (Å²) in [5, 5.41) is 12.5. The van der Waals surface area contributed by atoms with Gasteiger partial charge in [0.25, 0.3) is 0 Å². The zero-order valence-electron chi connectivity index (χ0n) is 10.3. The number of imidazole rings is 1. The van der Waals surface area contributed by atoms with Gasteiger partial charge in [0.2, 0.25) is 0 Å². The number of hydrogen-bond donors (Lipinski definition) is 2. The van der Waals surface area contributed by atoms with Crippen molar-refractivity contribution in [3.05, 3.63) is 30.1 Å². The molecule has 92 valence electrons. The summed E-state index contributed by atoms with van der Waals surface area (Å²) in [6.45, 7) is 5.68. The molecule has 17 heavy (non-hydrogen) atoms. The fourth-order valence-electron chi connectivity index (χ4n) is 1.91. The molecule has 2 N–H and O–H groups in total. The molecule has 0 aliphatic carbocycles. The molecular weight excluding hydrogens is 214 g/mol. The molecule has 4 nitrogen and oxygen atoms in total. The van der Waals surface area contributed by atoms with Crippen LogP contribution in [0.1, 0.15) is 19.7 Å². The van der Waals surface area contributed by atoms with Crippen molar-refractivity contribution in [2.24, 2.45) is 0 Å². The van der Waals surface area contributed by atoms with Gasteiger partial charge in [0, 0.05) is 12.6 Å². The molecule has 0 saturated heterocycles. The smallest absolute Gasteiger partial charge is 0.123 e. The fraction of sp³-hybridized carbons (Fsp3) is 0.462. The summed E-state index contributed by atoms with van der Waals surface area (Å²) >= 11 is 0. The molecule has 0 spiro atoms. The average molecular weight is 233 g/mol. The second-order valence-electron chi connectivity index (χ2n) is 4.43. The van der Waals surface area contributed by atoms with Gasteiger partial charge in [-0.15, -0.1) is 0 Å². The molecule has 2 aromatic rings. The maximum Gasteiger partial charge on any atom is 0.123 e. The number of aromatic nitrogens is 2. The van der Waals surface area contributed by atoms with Gasteiger partial charge in [-0.3, -0.25) is 0 Å². The third-order valence-electron chi connectivity index (χ3n) is 2.73. The molecule has 0 aliphatic heterocycles. The number of fused-ring (bicyclic) bond motifs is 1. The van der Waals surface area contributed by atoms with Crippen molar-refractivity contribution in [1.29, 1.82) is 0 Å². The molecule has 0 atom stereocenters. The number of hydrogen-bond acceptors (Lipinski definition) is 3. The van der Waals surface area contributed by atoms with E-state index in [1.807, 2.05) is 24.3 Å². The van der Waals surface area contributed by atoms with Crippen molar-refractivity contribution < 1.29 is 5.11 Å². The van der Waals surface area contributed by atoms with Crippen LogP contribution in [0.4, 0.5) is 0 Å².